The monoisotopic (exact) mass is 362 g/mol. The zero-order valence-electron chi connectivity index (χ0n) is 15.2. The number of ether oxygens (including phenoxy) is 1. The van der Waals surface area contributed by atoms with E-state index in [-0.39, 0.29) is 24.2 Å². The van der Waals surface area contributed by atoms with Crippen LogP contribution >= 0.6 is 0 Å². The molecule has 2 aromatic rings. The fraction of sp³-hybridized carbons (Fsp3) is 0.364. The van der Waals surface area contributed by atoms with E-state index in [1.54, 1.807) is 9.80 Å². The Kier molecular flexibility index (Phi) is 3.88. The molecule has 1 saturated heterocycles. The van der Waals surface area contributed by atoms with Crippen molar-refractivity contribution in [1.82, 2.24) is 0 Å². The number of hydrogen-bond donors (Lipinski definition) is 0. The lowest BCUT2D eigenvalue weighted by molar-refractivity contribution is -0.124. The van der Waals surface area contributed by atoms with Gasteiger partial charge in [-0.3, -0.25) is 9.59 Å². The van der Waals surface area contributed by atoms with E-state index in [4.69, 9.17) is 4.74 Å². The summed E-state index contributed by atoms with van der Waals surface area (Å²) >= 11 is 0. The molecule has 138 valence electrons. The fourth-order valence-corrected chi connectivity index (χ4v) is 4.47. The van der Waals surface area contributed by atoms with Crippen molar-refractivity contribution in [1.29, 1.82) is 0 Å². The molecule has 3 aliphatic rings. The first-order chi connectivity index (χ1) is 13.2. The van der Waals surface area contributed by atoms with Crippen LogP contribution in [0.1, 0.15) is 24.0 Å². The van der Waals surface area contributed by atoms with E-state index in [9.17, 15) is 9.59 Å². The highest BCUT2D eigenvalue weighted by molar-refractivity contribution is 6.05. The lowest BCUT2D eigenvalue weighted by Gasteiger charge is -2.31. The summed E-state index contributed by atoms with van der Waals surface area (Å²) in [6.45, 7) is 1.47. The Hall–Kier alpha value is -2.82. The maximum Gasteiger partial charge on any atom is 0.232 e. The average molecular weight is 362 g/mol. The smallest absolute Gasteiger partial charge is 0.232 e. The number of rotatable bonds is 2. The largest absolute Gasteiger partial charge is 0.490 e. The Morgan fingerprint density at radius 3 is 2.85 bits per heavy atom. The van der Waals surface area contributed by atoms with Gasteiger partial charge in [0.15, 0.2) is 0 Å². The van der Waals surface area contributed by atoms with Gasteiger partial charge in [-0.15, -0.1) is 0 Å². The maximum atomic E-state index is 13.2. The van der Waals surface area contributed by atoms with Gasteiger partial charge in [0, 0.05) is 18.7 Å². The first-order valence-corrected chi connectivity index (χ1v) is 9.66. The molecule has 2 heterocycles. The molecule has 0 bridgehead atoms. The lowest BCUT2D eigenvalue weighted by Crippen LogP contribution is -2.42. The van der Waals surface area contributed by atoms with Gasteiger partial charge < -0.3 is 14.5 Å². The summed E-state index contributed by atoms with van der Waals surface area (Å²) in [7, 11) is 0. The molecule has 5 nitrogen and oxygen atoms in total. The summed E-state index contributed by atoms with van der Waals surface area (Å²) in [6.07, 6.45) is 3.67. The molecular formula is C22H22N2O3. The normalized spacial score (nSPS) is 21.0. The number of hydrogen-bond acceptors (Lipinski definition) is 3. The van der Waals surface area contributed by atoms with Crippen LogP contribution in [0.4, 0.5) is 11.4 Å². The molecule has 1 fully saturated rings. The molecule has 0 N–H and O–H groups in total. The van der Waals surface area contributed by atoms with Crippen molar-refractivity contribution in [3.63, 3.8) is 0 Å². The number of amides is 2. The Labute approximate surface area is 158 Å². The predicted octanol–water partition coefficient (Wildman–Crippen LogP) is 2.95. The first kappa shape index (κ1) is 16.4. The third kappa shape index (κ3) is 2.78. The van der Waals surface area contributed by atoms with Crippen LogP contribution < -0.4 is 14.5 Å². The standard InChI is InChI=1S/C22H22N2O3/c25-21-13-17(14-24(21)18-9-8-15-4-3-5-16(15)12-18)22(26)23-10-11-27-20-7-2-1-6-19(20)23/h1-2,6-9,12,17H,3-5,10-11,13-14H2. The minimum absolute atomic E-state index is 0.0164. The van der Waals surface area contributed by atoms with Gasteiger partial charge in [-0.1, -0.05) is 18.2 Å². The molecule has 0 spiro atoms. The number of aryl methyl sites for hydroxylation is 2. The summed E-state index contributed by atoms with van der Waals surface area (Å²) in [5, 5.41) is 0. The van der Waals surface area contributed by atoms with Gasteiger partial charge in [0.1, 0.15) is 12.4 Å². The Balaban J connectivity index is 1.37. The van der Waals surface area contributed by atoms with Crippen LogP contribution in [0, 0.1) is 5.92 Å². The third-order valence-corrected chi connectivity index (χ3v) is 5.86. The average Bonchev–Trinajstić information content (AvgIpc) is 3.32. The minimum atomic E-state index is -0.308. The number of anilines is 2. The van der Waals surface area contributed by atoms with Crippen LogP contribution in [0.2, 0.25) is 0 Å². The minimum Gasteiger partial charge on any atom is -0.490 e. The highest BCUT2D eigenvalue weighted by Gasteiger charge is 2.39. The quantitative estimate of drug-likeness (QED) is 0.825. The first-order valence-electron chi connectivity index (χ1n) is 9.66. The summed E-state index contributed by atoms with van der Waals surface area (Å²) < 4.78 is 5.65. The summed E-state index contributed by atoms with van der Waals surface area (Å²) in [5.41, 5.74) is 4.47. The molecule has 2 aliphatic heterocycles. The number of carbonyl (C=O) groups excluding carboxylic acids is 2. The van der Waals surface area contributed by atoms with Gasteiger partial charge in [0.05, 0.1) is 18.2 Å². The van der Waals surface area contributed by atoms with E-state index in [0.29, 0.717) is 19.7 Å². The van der Waals surface area contributed by atoms with E-state index in [2.05, 4.69) is 12.1 Å². The van der Waals surface area contributed by atoms with E-state index < -0.39 is 0 Å². The summed E-state index contributed by atoms with van der Waals surface area (Å²) in [4.78, 5) is 29.4. The zero-order valence-corrected chi connectivity index (χ0v) is 15.2. The second-order valence-electron chi connectivity index (χ2n) is 7.52. The van der Waals surface area contributed by atoms with E-state index in [0.717, 1.165) is 30.0 Å². The van der Waals surface area contributed by atoms with Gasteiger partial charge in [0.2, 0.25) is 11.8 Å². The zero-order chi connectivity index (χ0) is 18.4. The van der Waals surface area contributed by atoms with Crippen LogP contribution in [0.5, 0.6) is 5.75 Å². The Bertz CT molecular complexity index is 924. The van der Waals surface area contributed by atoms with Crippen molar-refractivity contribution < 1.29 is 14.3 Å². The molecule has 5 heteroatoms. The molecular weight excluding hydrogens is 340 g/mol. The molecule has 0 aromatic heterocycles. The lowest BCUT2D eigenvalue weighted by atomic mass is 10.1. The van der Waals surface area contributed by atoms with Crippen molar-refractivity contribution in [2.45, 2.75) is 25.7 Å². The third-order valence-electron chi connectivity index (χ3n) is 5.86. The highest BCUT2D eigenvalue weighted by atomic mass is 16.5. The predicted molar refractivity (Wildman–Crippen MR) is 103 cm³/mol. The molecule has 27 heavy (non-hydrogen) atoms. The molecule has 2 amide bonds. The highest BCUT2D eigenvalue weighted by Crippen LogP contribution is 2.35. The molecule has 1 atom stereocenters. The topological polar surface area (TPSA) is 49.9 Å². The van der Waals surface area contributed by atoms with Gasteiger partial charge >= 0.3 is 0 Å². The molecule has 0 saturated carbocycles. The Morgan fingerprint density at radius 2 is 1.93 bits per heavy atom. The molecule has 1 unspecified atom stereocenters. The van der Waals surface area contributed by atoms with Crippen molar-refractivity contribution in [3.8, 4) is 5.75 Å². The Morgan fingerprint density at radius 1 is 1.07 bits per heavy atom. The molecule has 0 radical (unpaired) electrons. The molecule has 2 aromatic carbocycles. The van der Waals surface area contributed by atoms with E-state index >= 15 is 0 Å². The van der Waals surface area contributed by atoms with E-state index in [1.165, 1.54) is 17.5 Å². The van der Waals surface area contributed by atoms with Gasteiger partial charge in [-0.25, -0.2) is 0 Å². The van der Waals surface area contributed by atoms with Crippen LogP contribution in [0.15, 0.2) is 42.5 Å². The maximum absolute atomic E-state index is 13.2. The SMILES string of the molecule is O=C1CC(C(=O)N2CCOc3ccccc32)CN1c1ccc2c(c1)CCC2. The number of nitrogens with zero attached hydrogens (tertiary/aromatic N) is 2. The van der Waals surface area contributed by atoms with Crippen LogP contribution in [-0.2, 0) is 22.4 Å². The number of benzene rings is 2. The van der Waals surface area contributed by atoms with Crippen LogP contribution in [-0.4, -0.2) is 31.5 Å². The van der Waals surface area contributed by atoms with Crippen LogP contribution in [0.25, 0.3) is 0 Å². The van der Waals surface area contributed by atoms with Crippen molar-refractivity contribution in [3.05, 3.63) is 53.6 Å². The van der Waals surface area contributed by atoms with E-state index in [1.807, 2.05) is 30.3 Å². The van der Waals surface area contributed by atoms with Gasteiger partial charge in [0.25, 0.3) is 0 Å². The van der Waals surface area contributed by atoms with Crippen LogP contribution in [0.3, 0.4) is 0 Å². The number of carbonyl (C=O) groups is 2. The van der Waals surface area contributed by atoms with Gasteiger partial charge in [-0.05, 0) is 54.7 Å². The summed E-state index contributed by atoms with van der Waals surface area (Å²) in [6, 6.07) is 13.9. The van der Waals surface area contributed by atoms with Crippen molar-refractivity contribution in [2.24, 2.45) is 5.92 Å². The fourth-order valence-electron chi connectivity index (χ4n) is 4.47. The van der Waals surface area contributed by atoms with Gasteiger partial charge in [-0.2, -0.15) is 0 Å². The molecule has 5 rings (SSSR count). The second-order valence-corrected chi connectivity index (χ2v) is 7.52. The number of para-hydroxylation sites is 2. The second kappa shape index (κ2) is 6.41. The van der Waals surface area contributed by atoms with Crippen molar-refractivity contribution >= 4 is 23.2 Å². The number of fused-ring (bicyclic) bond motifs is 2. The summed E-state index contributed by atoms with van der Waals surface area (Å²) in [5.74, 6) is 0.476. The van der Waals surface area contributed by atoms with Crippen molar-refractivity contribution in [2.75, 3.05) is 29.5 Å². The molecule has 1 aliphatic carbocycles.